The molecule has 0 spiro atoms. The molecule has 17 heavy (non-hydrogen) atoms. The second-order valence-corrected chi connectivity index (χ2v) is 5.58. The lowest BCUT2D eigenvalue weighted by Gasteiger charge is -2.25. The quantitative estimate of drug-likeness (QED) is 0.756. The summed E-state index contributed by atoms with van der Waals surface area (Å²) in [7, 11) is 1.72. The van der Waals surface area contributed by atoms with E-state index < -0.39 is 0 Å². The Balaban J connectivity index is 2.42. The van der Waals surface area contributed by atoms with Gasteiger partial charge >= 0.3 is 0 Å². The molecule has 96 valence electrons. The lowest BCUT2D eigenvalue weighted by atomic mass is 9.85. The van der Waals surface area contributed by atoms with Gasteiger partial charge in [-0.2, -0.15) is 0 Å². The van der Waals surface area contributed by atoms with Crippen LogP contribution in [0.15, 0.2) is 24.3 Å². The zero-order valence-corrected chi connectivity index (χ0v) is 11.7. The smallest absolute Gasteiger partial charge is 0.0587 e. The van der Waals surface area contributed by atoms with Crippen LogP contribution in [-0.4, -0.2) is 26.8 Å². The van der Waals surface area contributed by atoms with Crippen LogP contribution in [0.2, 0.25) is 5.02 Å². The highest BCUT2D eigenvalue weighted by Gasteiger charge is 2.17. The molecule has 0 aliphatic carbocycles. The fourth-order valence-electron chi connectivity index (χ4n) is 1.86. The summed E-state index contributed by atoms with van der Waals surface area (Å²) >= 11 is 5.99. The number of hydrogen-bond acceptors (Lipinski definition) is 2. The van der Waals surface area contributed by atoms with Crippen molar-refractivity contribution >= 4 is 11.6 Å². The third-order valence-electron chi connectivity index (χ3n) is 2.66. The van der Waals surface area contributed by atoms with E-state index in [4.69, 9.17) is 16.3 Å². The van der Waals surface area contributed by atoms with Crippen molar-refractivity contribution in [1.82, 2.24) is 5.32 Å². The Morgan fingerprint density at radius 1 is 1.35 bits per heavy atom. The van der Waals surface area contributed by atoms with Crippen molar-refractivity contribution in [2.24, 2.45) is 5.41 Å². The van der Waals surface area contributed by atoms with Gasteiger partial charge in [-0.15, -0.1) is 0 Å². The number of nitrogens with one attached hydrogen (secondary N) is 1. The number of ether oxygens (including phenoxy) is 1. The van der Waals surface area contributed by atoms with Gasteiger partial charge in [0.15, 0.2) is 0 Å². The number of halogens is 1. The molecule has 0 radical (unpaired) electrons. The van der Waals surface area contributed by atoms with Gasteiger partial charge in [-0.3, -0.25) is 0 Å². The number of benzene rings is 1. The summed E-state index contributed by atoms with van der Waals surface area (Å²) in [5, 5.41) is 4.21. The van der Waals surface area contributed by atoms with Crippen LogP contribution in [0.4, 0.5) is 0 Å². The predicted molar refractivity (Wildman–Crippen MR) is 73.7 cm³/mol. The van der Waals surface area contributed by atoms with Gasteiger partial charge in [0.05, 0.1) is 6.61 Å². The molecule has 3 heteroatoms. The monoisotopic (exact) mass is 255 g/mol. The van der Waals surface area contributed by atoms with Gasteiger partial charge in [-0.1, -0.05) is 37.6 Å². The van der Waals surface area contributed by atoms with Crippen molar-refractivity contribution < 1.29 is 4.74 Å². The van der Waals surface area contributed by atoms with Crippen molar-refractivity contribution in [1.29, 1.82) is 0 Å². The molecule has 0 aliphatic rings. The van der Waals surface area contributed by atoms with Gasteiger partial charge in [-0.05, 0) is 29.5 Å². The molecule has 0 aliphatic heterocycles. The van der Waals surface area contributed by atoms with Crippen LogP contribution < -0.4 is 5.32 Å². The maximum Gasteiger partial charge on any atom is 0.0587 e. The van der Waals surface area contributed by atoms with Crippen LogP contribution in [0.1, 0.15) is 19.4 Å². The summed E-state index contributed by atoms with van der Waals surface area (Å²) in [6.45, 7) is 7.15. The van der Waals surface area contributed by atoms with E-state index in [1.54, 1.807) is 7.11 Å². The fraction of sp³-hybridized carbons (Fsp3) is 0.571. The lowest BCUT2D eigenvalue weighted by molar-refractivity contribution is 0.194. The average Bonchev–Trinajstić information content (AvgIpc) is 2.24. The Morgan fingerprint density at radius 3 is 2.76 bits per heavy atom. The van der Waals surface area contributed by atoms with E-state index in [9.17, 15) is 0 Å². The maximum absolute atomic E-state index is 5.99. The lowest BCUT2D eigenvalue weighted by Crippen LogP contribution is -2.33. The minimum atomic E-state index is 0.221. The molecule has 0 bridgehead atoms. The molecule has 1 aromatic carbocycles. The normalized spacial score (nSPS) is 11.8. The van der Waals surface area contributed by atoms with Crippen LogP contribution in [0, 0.1) is 5.41 Å². The number of hydrogen-bond donors (Lipinski definition) is 1. The zero-order chi connectivity index (χ0) is 12.7. The first kappa shape index (κ1) is 14.5. The van der Waals surface area contributed by atoms with E-state index in [0.29, 0.717) is 0 Å². The molecule has 0 saturated carbocycles. The molecule has 0 heterocycles. The Bertz CT molecular complexity index is 339. The van der Waals surface area contributed by atoms with Crippen LogP contribution in [-0.2, 0) is 11.2 Å². The van der Waals surface area contributed by atoms with E-state index >= 15 is 0 Å². The van der Waals surface area contributed by atoms with Crippen molar-refractivity contribution in [3.8, 4) is 0 Å². The molecule has 0 aromatic heterocycles. The molecular formula is C14H22ClNO. The third-order valence-corrected chi connectivity index (χ3v) is 2.89. The summed E-state index contributed by atoms with van der Waals surface area (Å²) < 4.78 is 5.01. The second-order valence-electron chi connectivity index (χ2n) is 5.14. The first-order valence-electron chi connectivity index (χ1n) is 5.98. The summed E-state index contributed by atoms with van der Waals surface area (Å²) in [6, 6.07) is 8.09. The molecule has 1 N–H and O–H groups in total. The first-order chi connectivity index (χ1) is 8.03. The Kier molecular flexibility index (Phi) is 5.96. The van der Waals surface area contributed by atoms with Crippen LogP contribution in [0.5, 0.6) is 0 Å². The molecule has 0 fully saturated rings. The topological polar surface area (TPSA) is 21.3 Å². The predicted octanol–water partition coefficient (Wildman–Crippen LogP) is 3.14. The second kappa shape index (κ2) is 7.00. The van der Waals surface area contributed by atoms with E-state index in [1.807, 2.05) is 18.2 Å². The molecule has 1 aromatic rings. The number of rotatable bonds is 7. The van der Waals surface area contributed by atoms with Gasteiger partial charge in [0.25, 0.3) is 0 Å². The van der Waals surface area contributed by atoms with E-state index in [1.165, 1.54) is 5.56 Å². The summed E-state index contributed by atoms with van der Waals surface area (Å²) in [5.74, 6) is 0. The zero-order valence-electron chi connectivity index (χ0n) is 10.9. The van der Waals surface area contributed by atoms with Crippen molar-refractivity contribution in [3.63, 3.8) is 0 Å². The maximum atomic E-state index is 5.99. The third kappa shape index (κ3) is 6.06. The van der Waals surface area contributed by atoms with Crippen LogP contribution >= 0.6 is 11.6 Å². The Hall–Kier alpha value is -0.570. The van der Waals surface area contributed by atoms with Crippen molar-refractivity contribution in [2.75, 3.05) is 26.8 Å². The standard InChI is InChI=1S/C14H22ClNO/c1-14(2,11-16-7-8-17-3)10-12-5-4-6-13(15)9-12/h4-6,9,16H,7-8,10-11H2,1-3H3. The molecule has 0 amide bonds. The average molecular weight is 256 g/mol. The highest BCUT2D eigenvalue weighted by atomic mass is 35.5. The molecule has 1 rings (SSSR count). The van der Waals surface area contributed by atoms with Gasteiger partial charge in [0.1, 0.15) is 0 Å². The van der Waals surface area contributed by atoms with E-state index in [0.717, 1.165) is 31.1 Å². The summed E-state index contributed by atoms with van der Waals surface area (Å²) in [4.78, 5) is 0. The molecule has 0 unspecified atom stereocenters. The minimum absolute atomic E-state index is 0.221. The van der Waals surface area contributed by atoms with E-state index in [2.05, 4.69) is 25.2 Å². The van der Waals surface area contributed by atoms with Gasteiger partial charge < -0.3 is 10.1 Å². The molecule has 2 nitrogen and oxygen atoms in total. The van der Waals surface area contributed by atoms with Gasteiger partial charge in [-0.25, -0.2) is 0 Å². The Labute approximate surface area is 109 Å². The van der Waals surface area contributed by atoms with Gasteiger partial charge in [0.2, 0.25) is 0 Å². The Morgan fingerprint density at radius 2 is 2.12 bits per heavy atom. The highest BCUT2D eigenvalue weighted by molar-refractivity contribution is 6.30. The van der Waals surface area contributed by atoms with E-state index in [-0.39, 0.29) is 5.41 Å². The minimum Gasteiger partial charge on any atom is -0.383 e. The fourth-order valence-corrected chi connectivity index (χ4v) is 2.08. The summed E-state index contributed by atoms with van der Waals surface area (Å²) in [5.41, 5.74) is 1.51. The van der Waals surface area contributed by atoms with Crippen LogP contribution in [0.3, 0.4) is 0 Å². The summed E-state index contributed by atoms with van der Waals surface area (Å²) in [6.07, 6.45) is 1.02. The first-order valence-corrected chi connectivity index (χ1v) is 6.35. The SMILES string of the molecule is COCCNCC(C)(C)Cc1cccc(Cl)c1. The molecule has 0 saturated heterocycles. The van der Waals surface area contributed by atoms with Crippen molar-refractivity contribution in [2.45, 2.75) is 20.3 Å². The van der Waals surface area contributed by atoms with Gasteiger partial charge in [0, 0.05) is 25.2 Å². The van der Waals surface area contributed by atoms with Crippen molar-refractivity contribution in [3.05, 3.63) is 34.9 Å². The largest absolute Gasteiger partial charge is 0.383 e. The molecule has 0 atom stereocenters. The molecular weight excluding hydrogens is 234 g/mol. The highest BCUT2D eigenvalue weighted by Crippen LogP contribution is 2.22. The van der Waals surface area contributed by atoms with Crippen LogP contribution in [0.25, 0.3) is 0 Å². The number of methoxy groups -OCH3 is 1.